The van der Waals surface area contributed by atoms with Gasteiger partial charge in [0.25, 0.3) is 15.9 Å². The number of ether oxygens (including phenoxy) is 1. The van der Waals surface area contributed by atoms with Gasteiger partial charge in [0.1, 0.15) is 16.9 Å². The van der Waals surface area contributed by atoms with E-state index in [1.54, 1.807) is 37.3 Å². The van der Waals surface area contributed by atoms with Crippen LogP contribution < -0.4 is 4.31 Å². The number of carbonyl (C=O) groups excluding carboxylic acids is 2. The molecule has 0 saturated carbocycles. The van der Waals surface area contributed by atoms with Crippen molar-refractivity contribution < 1.29 is 27.2 Å². The van der Waals surface area contributed by atoms with Crippen molar-refractivity contribution in [2.45, 2.75) is 25.2 Å². The lowest BCUT2D eigenvalue weighted by atomic mass is 10.1. The summed E-state index contributed by atoms with van der Waals surface area (Å²) >= 11 is 0. The second-order valence-electron chi connectivity index (χ2n) is 8.05. The summed E-state index contributed by atoms with van der Waals surface area (Å²) in [4.78, 5) is 25.8. The van der Waals surface area contributed by atoms with E-state index in [1.165, 1.54) is 43.5 Å². The molecule has 0 spiro atoms. The maximum absolute atomic E-state index is 13.8. The van der Waals surface area contributed by atoms with Gasteiger partial charge in [-0.15, -0.1) is 0 Å². The number of anilines is 1. The van der Waals surface area contributed by atoms with Crippen molar-refractivity contribution in [3.8, 4) is 0 Å². The molecule has 3 aromatic carbocycles. The Morgan fingerprint density at radius 2 is 1.69 bits per heavy atom. The Hall–Kier alpha value is -4.17. The second kappa shape index (κ2) is 10.2. The van der Waals surface area contributed by atoms with Crippen molar-refractivity contribution in [3.05, 3.63) is 101 Å². The summed E-state index contributed by atoms with van der Waals surface area (Å²) in [6.45, 7) is 3.58. The van der Waals surface area contributed by atoms with E-state index in [0.29, 0.717) is 16.7 Å². The molecule has 1 amide bonds. The van der Waals surface area contributed by atoms with Crippen molar-refractivity contribution >= 4 is 44.6 Å². The Balaban J connectivity index is 1.87. The Morgan fingerprint density at radius 3 is 2.33 bits per heavy atom. The van der Waals surface area contributed by atoms with Crippen LogP contribution in [0.25, 0.3) is 17.0 Å². The van der Waals surface area contributed by atoms with Crippen LogP contribution >= 0.6 is 0 Å². The predicted molar refractivity (Wildman–Crippen MR) is 138 cm³/mol. The van der Waals surface area contributed by atoms with Gasteiger partial charge in [-0.2, -0.15) is 4.31 Å². The lowest BCUT2D eigenvalue weighted by Crippen LogP contribution is -2.35. The highest BCUT2D eigenvalue weighted by atomic mass is 32.2. The third-order valence-electron chi connectivity index (χ3n) is 5.76. The van der Waals surface area contributed by atoms with Crippen LogP contribution in [0, 0.1) is 6.92 Å². The van der Waals surface area contributed by atoms with Gasteiger partial charge in [-0.1, -0.05) is 49.4 Å². The fourth-order valence-electron chi connectivity index (χ4n) is 3.88. The number of esters is 1. The van der Waals surface area contributed by atoms with Gasteiger partial charge in [-0.3, -0.25) is 4.79 Å². The first-order valence-electron chi connectivity index (χ1n) is 11.3. The van der Waals surface area contributed by atoms with Crippen LogP contribution in [0.4, 0.5) is 5.69 Å². The normalized spacial score (nSPS) is 11.6. The number of rotatable bonds is 7. The summed E-state index contributed by atoms with van der Waals surface area (Å²) in [5.41, 5.74) is 2.31. The quantitative estimate of drug-likeness (QED) is 0.243. The smallest absolute Gasteiger partial charge is 0.342 e. The molecule has 7 nitrogen and oxygen atoms in total. The van der Waals surface area contributed by atoms with E-state index in [2.05, 4.69) is 0 Å². The van der Waals surface area contributed by atoms with Crippen LogP contribution in [0.3, 0.4) is 0 Å². The zero-order chi connectivity index (χ0) is 25.9. The van der Waals surface area contributed by atoms with Crippen LogP contribution in [0.1, 0.15) is 34.2 Å². The largest absolute Gasteiger partial charge is 0.465 e. The number of nitrogens with zero attached hydrogens (tertiary/aromatic N) is 1. The molecule has 0 atom stereocenters. The number of furan rings is 1. The van der Waals surface area contributed by atoms with Crippen molar-refractivity contribution in [3.63, 3.8) is 0 Å². The summed E-state index contributed by atoms with van der Waals surface area (Å²) in [5.74, 6) is -1.06. The molecule has 0 bridgehead atoms. The summed E-state index contributed by atoms with van der Waals surface area (Å²) in [6.07, 6.45) is 3.50. The molecular formula is C28H25NO6S. The predicted octanol–water partition coefficient (Wildman–Crippen LogP) is 5.53. The molecule has 0 unspecified atom stereocenters. The first-order valence-corrected chi connectivity index (χ1v) is 12.7. The Kier molecular flexibility index (Phi) is 7.07. The van der Waals surface area contributed by atoms with Crippen LogP contribution in [0.15, 0.2) is 88.2 Å². The van der Waals surface area contributed by atoms with Gasteiger partial charge in [-0.05, 0) is 60.9 Å². The van der Waals surface area contributed by atoms with Crippen LogP contribution in [-0.4, -0.2) is 27.4 Å². The second-order valence-corrected chi connectivity index (χ2v) is 9.84. The Labute approximate surface area is 209 Å². The third kappa shape index (κ3) is 4.81. The molecule has 0 fully saturated rings. The standard InChI is InChI=1S/C28H25NO6S/c1-4-20-10-14-23(15-11-20)36(32,33)29(26(30)17-12-21-8-6-5-7-9-21)22-13-16-25-24(18-22)27(19(2)35-25)28(31)34-3/h5-18H,4H2,1-3H3/b17-12+. The summed E-state index contributed by atoms with van der Waals surface area (Å²) in [7, 11) is -3.05. The molecular weight excluding hydrogens is 478 g/mol. The van der Waals surface area contributed by atoms with Crippen LogP contribution in [0.2, 0.25) is 0 Å². The minimum atomic E-state index is -4.30. The van der Waals surface area contributed by atoms with E-state index < -0.39 is 21.9 Å². The highest BCUT2D eigenvalue weighted by Gasteiger charge is 2.31. The topological polar surface area (TPSA) is 93.9 Å². The molecule has 0 aliphatic rings. The molecule has 0 N–H and O–H groups in total. The lowest BCUT2D eigenvalue weighted by molar-refractivity contribution is -0.113. The number of fused-ring (bicyclic) bond motifs is 1. The SMILES string of the molecule is CCc1ccc(S(=O)(=O)N(C(=O)/C=C/c2ccccc2)c2ccc3oc(C)c(C(=O)OC)c3c2)cc1. The molecule has 1 heterocycles. The zero-order valence-corrected chi connectivity index (χ0v) is 20.9. The van der Waals surface area contributed by atoms with E-state index in [1.807, 2.05) is 25.1 Å². The first-order chi connectivity index (χ1) is 17.3. The van der Waals surface area contributed by atoms with E-state index in [4.69, 9.17) is 9.15 Å². The van der Waals surface area contributed by atoms with E-state index in [-0.39, 0.29) is 16.1 Å². The molecule has 8 heteroatoms. The fraction of sp³-hybridized carbons (Fsp3) is 0.143. The van der Waals surface area contributed by atoms with Gasteiger partial charge >= 0.3 is 5.97 Å². The minimum absolute atomic E-state index is 0.0298. The lowest BCUT2D eigenvalue weighted by Gasteiger charge is -2.21. The monoisotopic (exact) mass is 503 g/mol. The molecule has 1 aromatic heterocycles. The summed E-state index contributed by atoms with van der Waals surface area (Å²) in [5, 5.41) is 0.346. The van der Waals surface area contributed by atoms with E-state index in [9.17, 15) is 18.0 Å². The molecule has 0 saturated heterocycles. The maximum atomic E-state index is 13.8. The number of hydrogen-bond donors (Lipinski definition) is 0. The van der Waals surface area contributed by atoms with Gasteiger partial charge in [-0.25, -0.2) is 13.2 Å². The number of methoxy groups -OCH3 is 1. The maximum Gasteiger partial charge on any atom is 0.342 e. The Bertz CT molecular complexity index is 1550. The number of amides is 1. The number of hydrogen-bond acceptors (Lipinski definition) is 6. The van der Waals surface area contributed by atoms with Gasteiger partial charge in [0.05, 0.1) is 17.7 Å². The summed E-state index contributed by atoms with van der Waals surface area (Å²) < 4.78 is 38.8. The molecule has 4 rings (SSSR count). The van der Waals surface area contributed by atoms with Gasteiger partial charge in [0.15, 0.2) is 0 Å². The van der Waals surface area contributed by atoms with Gasteiger partial charge in [0.2, 0.25) is 0 Å². The zero-order valence-electron chi connectivity index (χ0n) is 20.1. The molecule has 36 heavy (non-hydrogen) atoms. The molecule has 0 radical (unpaired) electrons. The van der Waals surface area contributed by atoms with Crippen molar-refractivity contribution in [2.24, 2.45) is 0 Å². The average Bonchev–Trinajstić information content (AvgIpc) is 3.22. The summed E-state index contributed by atoms with van der Waals surface area (Å²) in [6, 6.07) is 19.9. The highest BCUT2D eigenvalue weighted by molar-refractivity contribution is 7.93. The third-order valence-corrected chi connectivity index (χ3v) is 7.50. The fourth-order valence-corrected chi connectivity index (χ4v) is 5.26. The van der Waals surface area contributed by atoms with Crippen LogP contribution in [0.5, 0.6) is 0 Å². The van der Waals surface area contributed by atoms with Gasteiger partial charge < -0.3 is 9.15 Å². The minimum Gasteiger partial charge on any atom is -0.465 e. The first kappa shape index (κ1) is 24.9. The van der Waals surface area contributed by atoms with Crippen LogP contribution in [-0.2, 0) is 26.0 Å². The molecule has 0 aliphatic carbocycles. The average molecular weight is 504 g/mol. The number of carbonyl (C=O) groups is 2. The number of aryl methyl sites for hydroxylation is 2. The van der Waals surface area contributed by atoms with E-state index >= 15 is 0 Å². The van der Waals surface area contributed by atoms with Crippen molar-refractivity contribution in [1.29, 1.82) is 0 Å². The molecule has 184 valence electrons. The van der Waals surface area contributed by atoms with Crippen molar-refractivity contribution in [2.75, 3.05) is 11.4 Å². The number of sulfonamides is 1. The van der Waals surface area contributed by atoms with E-state index in [0.717, 1.165) is 21.9 Å². The number of benzene rings is 3. The van der Waals surface area contributed by atoms with Crippen molar-refractivity contribution in [1.82, 2.24) is 0 Å². The molecule has 0 aliphatic heterocycles. The highest BCUT2D eigenvalue weighted by Crippen LogP contribution is 2.33. The molecule has 4 aromatic rings. The van der Waals surface area contributed by atoms with Gasteiger partial charge in [0, 0.05) is 11.5 Å². The Morgan fingerprint density at radius 1 is 1.00 bits per heavy atom.